The maximum absolute atomic E-state index is 11.7. The molecule has 0 aliphatic carbocycles. The van der Waals surface area contributed by atoms with E-state index in [1.165, 1.54) is 0 Å². The van der Waals surface area contributed by atoms with Gasteiger partial charge in [-0.3, -0.25) is 5.32 Å². The van der Waals surface area contributed by atoms with E-state index in [1.807, 2.05) is 0 Å². The molecule has 22 heavy (non-hydrogen) atoms. The van der Waals surface area contributed by atoms with Gasteiger partial charge in [0.25, 0.3) is 0 Å². The smallest absolute Gasteiger partial charge is 0.413 e. The van der Waals surface area contributed by atoms with Crippen LogP contribution in [-0.4, -0.2) is 29.3 Å². The molecule has 0 unspecified atom stereocenters. The normalized spacial score (nSPS) is 10.7. The first-order chi connectivity index (χ1) is 10.2. The number of rotatable bonds is 5. The Bertz CT molecular complexity index is 562. The van der Waals surface area contributed by atoms with Crippen LogP contribution in [0.25, 0.3) is 0 Å². The molecule has 0 bridgehead atoms. The predicted octanol–water partition coefficient (Wildman–Crippen LogP) is 3.09. The predicted molar refractivity (Wildman–Crippen MR) is 83.6 cm³/mol. The van der Waals surface area contributed by atoms with E-state index in [-0.39, 0.29) is 0 Å². The van der Waals surface area contributed by atoms with E-state index in [9.17, 15) is 9.59 Å². The molecule has 0 atom stereocenters. The fourth-order valence-corrected chi connectivity index (χ4v) is 1.61. The van der Waals surface area contributed by atoms with Crippen molar-refractivity contribution in [2.45, 2.75) is 39.7 Å². The van der Waals surface area contributed by atoms with Crippen LogP contribution in [0.5, 0.6) is 0 Å². The Morgan fingerprint density at radius 3 is 2.64 bits per heavy atom. The number of esters is 1. The van der Waals surface area contributed by atoms with Crippen LogP contribution in [0.2, 0.25) is 0 Å². The molecule has 0 spiro atoms. The largest absolute Gasteiger partial charge is 0.463 e. The maximum Gasteiger partial charge on any atom is 0.413 e. The lowest BCUT2D eigenvalue weighted by atomic mass is 10.1. The number of nitrogens with zero attached hydrogens (tertiary/aromatic N) is 1. The highest BCUT2D eigenvalue weighted by Crippen LogP contribution is 2.14. The van der Waals surface area contributed by atoms with Gasteiger partial charge in [0, 0.05) is 18.2 Å². The van der Waals surface area contributed by atoms with Crippen molar-refractivity contribution in [3.63, 3.8) is 0 Å². The second-order valence-corrected chi connectivity index (χ2v) is 5.68. The third kappa shape index (κ3) is 6.39. The summed E-state index contributed by atoms with van der Waals surface area (Å²) < 4.78 is 10.0. The Hall–Kier alpha value is -2.37. The maximum atomic E-state index is 11.7. The number of carbonyl (C=O) groups is 2. The number of hydrogen-bond acceptors (Lipinski definition) is 5. The van der Waals surface area contributed by atoms with Crippen LogP contribution >= 0.6 is 0 Å². The summed E-state index contributed by atoms with van der Waals surface area (Å²) in [5.41, 5.74) is 0.551. The highest BCUT2D eigenvalue weighted by molar-refractivity contribution is 5.88. The van der Waals surface area contributed by atoms with E-state index in [2.05, 4.69) is 16.9 Å². The van der Waals surface area contributed by atoms with Gasteiger partial charge in [0.05, 0.1) is 6.61 Å². The van der Waals surface area contributed by atoms with Gasteiger partial charge in [-0.05, 0) is 45.4 Å². The van der Waals surface area contributed by atoms with Gasteiger partial charge >= 0.3 is 12.1 Å². The average Bonchev–Trinajstić information content (AvgIpc) is 2.36. The van der Waals surface area contributed by atoms with Crippen molar-refractivity contribution in [3.8, 4) is 0 Å². The van der Waals surface area contributed by atoms with Gasteiger partial charge < -0.3 is 9.47 Å². The van der Waals surface area contributed by atoms with Gasteiger partial charge in [-0.1, -0.05) is 6.58 Å². The lowest BCUT2D eigenvalue weighted by Crippen LogP contribution is -2.27. The van der Waals surface area contributed by atoms with E-state index in [0.29, 0.717) is 24.4 Å². The van der Waals surface area contributed by atoms with E-state index in [1.54, 1.807) is 46.0 Å². The summed E-state index contributed by atoms with van der Waals surface area (Å²) in [5.74, 6) is -0.0793. The zero-order valence-electron chi connectivity index (χ0n) is 13.4. The van der Waals surface area contributed by atoms with Crippen LogP contribution in [0.3, 0.4) is 0 Å². The molecule has 0 aromatic carbocycles. The van der Waals surface area contributed by atoms with Crippen LogP contribution in [0, 0.1) is 0 Å². The van der Waals surface area contributed by atoms with Crippen molar-refractivity contribution in [1.82, 2.24) is 4.98 Å². The molecule has 1 aromatic heterocycles. The molecule has 120 valence electrons. The molecule has 0 saturated carbocycles. The number of aromatic nitrogens is 1. The number of amides is 1. The molecule has 0 aliphatic rings. The Kier molecular flexibility index (Phi) is 6.10. The van der Waals surface area contributed by atoms with Gasteiger partial charge in [0.2, 0.25) is 0 Å². The minimum Gasteiger partial charge on any atom is -0.463 e. The molecular weight excluding hydrogens is 284 g/mol. The van der Waals surface area contributed by atoms with E-state index in [4.69, 9.17) is 9.47 Å². The van der Waals surface area contributed by atoms with Crippen molar-refractivity contribution in [2.24, 2.45) is 0 Å². The number of carbonyl (C=O) groups excluding carboxylic acids is 2. The van der Waals surface area contributed by atoms with Gasteiger partial charge in [-0.2, -0.15) is 0 Å². The van der Waals surface area contributed by atoms with Gasteiger partial charge in [-0.15, -0.1) is 0 Å². The van der Waals surface area contributed by atoms with Crippen molar-refractivity contribution >= 4 is 17.9 Å². The standard InChI is InChI=1S/C16H22N2O4/c1-6-21-14(19)11(2)9-12-7-8-17-13(10-12)18-15(20)22-16(3,4)5/h7-8,10H,2,6,9H2,1,3-5H3,(H,17,18,20). The summed E-state index contributed by atoms with van der Waals surface area (Å²) in [6, 6.07) is 3.40. The Labute approximate surface area is 130 Å². The second kappa shape index (κ2) is 7.59. The Balaban J connectivity index is 2.68. The molecule has 1 amide bonds. The van der Waals surface area contributed by atoms with Gasteiger partial charge in [0.1, 0.15) is 11.4 Å². The summed E-state index contributed by atoms with van der Waals surface area (Å²) in [6.07, 6.45) is 1.28. The summed E-state index contributed by atoms with van der Waals surface area (Å²) in [6.45, 7) is 11.1. The third-order valence-corrected chi connectivity index (χ3v) is 2.43. The minimum atomic E-state index is -0.583. The lowest BCUT2D eigenvalue weighted by molar-refractivity contribution is -0.138. The molecular formula is C16H22N2O4. The van der Waals surface area contributed by atoms with Crippen molar-refractivity contribution < 1.29 is 19.1 Å². The fourth-order valence-electron chi connectivity index (χ4n) is 1.61. The highest BCUT2D eigenvalue weighted by atomic mass is 16.6. The van der Waals surface area contributed by atoms with Crippen LogP contribution in [0.1, 0.15) is 33.3 Å². The molecule has 1 aromatic rings. The number of anilines is 1. The number of hydrogen-bond donors (Lipinski definition) is 1. The van der Waals surface area contributed by atoms with Crippen LogP contribution < -0.4 is 5.32 Å². The second-order valence-electron chi connectivity index (χ2n) is 5.68. The Morgan fingerprint density at radius 2 is 2.05 bits per heavy atom. The molecule has 0 saturated heterocycles. The Morgan fingerprint density at radius 1 is 1.36 bits per heavy atom. The topological polar surface area (TPSA) is 77.5 Å². The van der Waals surface area contributed by atoms with E-state index < -0.39 is 17.7 Å². The first-order valence-electron chi connectivity index (χ1n) is 7.01. The average molecular weight is 306 g/mol. The monoisotopic (exact) mass is 306 g/mol. The lowest BCUT2D eigenvalue weighted by Gasteiger charge is -2.19. The third-order valence-electron chi connectivity index (χ3n) is 2.43. The van der Waals surface area contributed by atoms with Crippen LogP contribution in [-0.2, 0) is 20.7 Å². The zero-order valence-corrected chi connectivity index (χ0v) is 13.4. The molecule has 0 fully saturated rings. The quantitative estimate of drug-likeness (QED) is 0.668. The first-order valence-corrected chi connectivity index (χ1v) is 7.01. The van der Waals surface area contributed by atoms with E-state index in [0.717, 1.165) is 5.56 Å². The summed E-state index contributed by atoms with van der Waals surface area (Å²) in [7, 11) is 0. The zero-order chi connectivity index (χ0) is 16.8. The minimum absolute atomic E-state index is 0.305. The molecule has 1 heterocycles. The van der Waals surface area contributed by atoms with Crippen molar-refractivity contribution in [3.05, 3.63) is 36.0 Å². The molecule has 1 rings (SSSR count). The van der Waals surface area contributed by atoms with Crippen LogP contribution in [0.15, 0.2) is 30.5 Å². The molecule has 0 aliphatic heterocycles. The summed E-state index contributed by atoms with van der Waals surface area (Å²) in [5, 5.41) is 2.55. The number of pyridine rings is 1. The molecule has 6 heteroatoms. The van der Waals surface area contributed by atoms with Gasteiger partial charge in [0.15, 0.2) is 0 Å². The molecule has 1 N–H and O–H groups in total. The molecule has 0 radical (unpaired) electrons. The highest BCUT2D eigenvalue weighted by Gasteiger charge is 2.17. The van der Waals surface area contributed by atoms with Crippen LogP contribution in [0.4, 0.5) is 10.6 Å². The molecule has 6 nitrogen and oxygen atoms in total. The SMILES string of the molecule is C=C(Cc1ccnc(NC(=O)OC(C)(C)C)c1)C(=O)OCC. The summed E-state index contributed by atoms with van der Waals surface area (Å²) >= 11 is 0. The van der Waals surface area contributed by atoms with Gasteiger partial charge in [-0.25, -0.2) is 14.6 Å². The summed E-state index contributed by atoms with van der Waals surface area (Å²) in [4.78, 5) is 27.3. The fraction of sp³-hybridized carbons (Fsp3) is 0.438. The van der Waals surface area contributed by atoms with Crippen molar-refractivity contribution in [2.75, 3.05) is 11.9 Å². The number of ether oxygens (including phenoxy) is 2. The van der Waals surface area contributed by atoms with E-state index >= 15 is 0 Å². The number of nitrogens with one attached hydrogen (secondary N) is 1. The first kappa shape index (κ1) is 17.7. The van der Waals surface area contributed by atoms with Crippen molar-refractivity contribution in [1.29, 1.82) is 0 Å².